The van der Waals surface area contributed by atoms with E-state index < -0.39 is 0 Å². The van der Waals surface area contributed by atoms with E-state index in [1.54, 1.807) is 0 Å². The Kier molecular flexibility index (Phi) is 3.43. The van der Waals surface area contributed by atoms with E-state index in [0.717, 1.165) is 45.7 Å². The summed E-state index contributed by atoms with van der Waals surface area (Å²) in [7, 11) is 0. The summed E-state index contributed by atoms with van der Waals surface area (Å²) in [6.07, 6.45) is 2.27. The average molecular weight is 212 g/mol. The molecule has 2 rings (SSSR count). The molecule has 1 atom stereocenters. The van der Waals surface area contributed by atoms with Crippen molar-refractivity contribution >= 4 is 6.03 Å². The van der Waals surface area contributed by atoms with Gasteiger partial charge in [-0.15, -0.1) is 0 Å². The van der Waals surface area contributed by atoms with Crippen LogP contribution in [-0.4, -0.2) is 61.1 Å². The fourth-order valence-electron chi connectivity index (χ4n) is 2.35. The number of piperazine rings is 1. The largest absolute Gasteiger partial charge is 0.336 e. The molecule has 2 aliphatic rings. The summed E-state index contributed by atoms with van der Waals surface area (Å²) in [5.41, 5.74) is 5.47. The lowest BCUT2D eigenvalue weighted by molar-refractivity contribution is 0.120. The Morgan fingerprint density at radius 1 is 1.40 bits per heavy atom. The van der Waals surface area contributed by atoms with Crippen LogP contribution in [0.2, 0.25) is 0 Å². The van der Waals surface area contributed by atoms with Gasteiger partial charge in [0.15, 0.2) is 0 Å². The monoisotopic (exact) mass is 212 g/mol. The molecular weight excluding hydrogens is 192 g/mol. The first-order valence-corrected chi connectivity index (χ1v) is 5.78. The number of amides is 2. The number of nitrogens with two attached hydrogens (primary N) is 1. The number of carbonyl (C=O) groups is 1. The van der Waals surface area contributed by atoms with Gasteiger partial charge in [0.1, 0.15) is 0 Å². The van der Waals surface area contributed by atoms with Crippen LogP contribution in [0, 0.1) is 0 Å². The number of fused-ring (bicyclic) bond motifs is 1. The molecule has 2 aliphatic heterocycles. The number of rotatable bonds is 4. The first kappa shape index (κ1) is 10.7. The first-order chi connectivity index (χ1) is 7.31. The van der Waals surface area contributed by atoms with Gasteiger partial charge in [0, 0.05) is 26.2 Å². The maximum atomic E-state index is 11.4. The minimum absolute atomic E-state index is 0.113. The van der Waals surface area contributed by atoms with Gasteiger partial charge in [-0.3, -0.25) is 4.90 Å². The van der Waals surface area contributed by atoms with Crippen molar-refractivity contribution < 1.29 is 4.79 Å². The van der Waals surface area contributed by atoms with Crippen molar-refractivity contribution in [1.82, 2.24) is 15.1 Å². The van der Waals surface area contributed by atoms with E-state index in [4.69, 9.17) is 5.73 Å². The molecule has 2 amide bonds. The lowest BCUT2D eigenvalue weighted by Crippen LogP contribution is -2.52. The molecule has 0 aromatic rings. The topological polar surface area (TPSA) is 61.6 Å². The van der Waals surface area contributed by atoms with Gasteiger partial charge in [-0.25, -0.2) is 4.79 Å². The van der Waals surface area contributed by atoms with Gasteiger partial charge >= 0.3 is 6.03 Å². The van der Waals surface area contributed by atoms with E-state index in [2.05, 4.69) is 10.2 Å². The quantitative estimate of drug-likeness (QED) is 0.614. The predicted molar refractivity (Wildman–Crippen MR) is 58.6 cm³/mol. The zero-order valence-corrected chi connectivity index (χ0v) is 9.11. The van der Waals surface area contributed by atoms with Crippen molar-refractivity contribution in [2.24, 2.45) is 5.73 Å². The number of nitrogens with zero attached hydrogens (tertiary/aromatic N) is 2. The van der Waals surface area contributed by atoms with Crippen molar-refractivity contribution in [3.63, 3.8) is 0 Å². The fourth-order valence-corrected chi connectivity index (χ4v) is 2.35. The molecule has 1 unspecified atom stereocenters. The van der Waals surface area contributed by atoms with Crippen LogP contribution in [0.1, 0.15) is 12.8 Å². The van der Waals surface area contributed by atoms with Gasteiger partial charge in [-0.1, -0.05) is 0 Å². The van der Waals surface area contributed by atoms with E-state index in [1.807, 2.05) is 4.90 Å². The van der Waals surface area contributed by atoms with E-state index in [9.17, 15) is 4.79 Å². The molecule has 2 heterocycles. The molecule has 0 radical (unpaired) electrons. The summed E-state index contributed by atoms with van der Waals surface area (Å²) < 4.78 is 0. The summed E-state index contributed by atoms with van der Waals surface area (Å²) in [5.74, 6) is 0. The van der Waals surface area contributed by atoms with Gasteiger partial charge < -0.3 is 16.0 Å². The zero-order valence-electron chi connectivity index (χ0n) is 9.11. The summed E-state index contributed by atoms with van der Waals surface area (Å²) in [4.78, 5) is 15.8. The Bertz CT molecular complexity index is 233. The van der Waals surface area contributed by atoms with Crippen molar-refractivity contribution in [1.29, 1.82) is 0 Å². The standard InChI is InChI=1S/C10H20N4O/c11-3-1-2-4-13-5-6-14-9(8-13)7-12-10(14)15/h9H,1-8,11H2,(H,12,15). The number of unbranched alkanes of at least 4 members (excludes halogenated alkanes) is 1. The second-order valence-corrected chi connectivity index (χ2v) is 4.33. The summed E-state index contributed by atoms with van der Waals surface area (Å²) >= 11 is 0. The van der Waals surface area contributed by atoms with Crippen LogP contribution in [0.3, 0.4) is 0 Å². The highest BCUT2D eigenvalue weighted by molar-refractivity contribution is 5.77. The summed E-state index contributed by atoms with van der Waals surface area (Å²) in [6.45, 7) is 5.61. The molecule has 15 heavy (non-hydrogen) atoms. The lowest BCUT2D eigenvalue weighted by Gasteiger charge is -2.36. The Morgan fingerprint density at radius 3 is 3.07 bits per heavy atom. The Labute approximate surface area is 90.6 Å². The third-order valence-electron chi connectivity index (χ3n) is 3.25. The first-order valence-electron chi connectivity index (χ1n) is 5.78. The average Bonchev–Trinajstić information content (AvgIpc) is 2.61. The Balaban J connectivity index is 1.75. The van der Waals surface area contributed by atoms with Crippen molar-refractivity contribution in [3.8, 4) is 0 Å². The van der Waals surface area contributed by atoms with Gasteiger partial charge in [0.25, 0.3) is 0 Å². The van der Waals surface area contributed by atoms with Crippen LogP contribution in [0.25, 0.3) is 0 Å². The fraction of sp³-hybridized carbons (Fsp3) is 0.900. The van der Waals surface area contributed by atoms with Crippen LogP contribution >= 0.6 is 0 Å². The highest BCUT2D eigenvalue weighted by Crippen LogP contribution is 2.14. The predicted octanol–water partition coefficient (Wildman–Crippen LogP) is -0.565. The SMILES string of the molecule is NCCCCN1CCN2C(=O)NCC2C1. The van der Waals surface area contributed by atoms with Gasteiger partial charge in [0.2, 0.25) is 0 Å². The van der Waals surface area contributed by atoms with Gasteiger partial charge in [0.05, 0.1) is 6.04 Å². The maximum Gasteiger partial charge on any atom is 0.317 e. The molecule has 86 valence electrons. The molecule has 0 aliphatic carbocycles. The van der Waals surface area contributed by atoms with Crippen LogP contribution < -0.4 is 11.1 Å². The number of nitrogens with one attached hydrogen (secondary N) is 1. The summed E-state index contributed by atoms with van der Waals surface area (Å²) in [5, 5.41) is 2.89. The van der Waals surface area contributed by atoms with E-state index in [-0.39, 0.29) is 6.03 Å². The van der Waals surface area contributed by atoms with E-state index >= 15 is 0 Å². The molecule has 0 aromatic heterocycles. The normalized spacial score (nSPS) is 26.6. The smallest absolute Gasteiger partial charge is 0.317 e. The number of hydrogen-bond donors (Lipinski definition) is 2. The maximum absolute atomic E-state index is 11.4. The van der Waals surface area contributed by atoms with Gasteiger partial charge in [-0.2, -0.15) is 0 Å². The molecule has 0 aromatic carbocycles. The number of hydrogen-bond acceptors (Lipinski definition) is 3. The third-order valence-corrected chi connectivity index (χ3v) is 3.25. The molecule has 0 spiro atoms. The van der Waals surface area contributed by atoms with Crippen LogP contribution in [-0.2, 0) is 0 Å². The lowest BCUT2D eigenvalue weighted by atomic mass is 10.2. The Morgan fingerprint density at radius 2 is 2.27 bits per heavy atom. The van der Waals surface area contributed by atoms with Crippen LogP contribution in [0.5, 0.6) is 0 Å². The minimum atomic E-state index is 0.113. The minimum Gasteiger partial charge on any atom is -0.336 e. The van der Waals surface area contributed by atoms with Crippen LogP contribution in [0.4, 0.5) is 4.79 Å². The molecule has 2 saturated heterocycles. The van der Waals surface area contributed by atoms with E-state index in [0.29, 0.717) is 6.04 Å². The second-order valence-electron chi connectivity index (χ2n) is 4.33. The molecule has 5 nitrogen and oxygen atoms in total. The van der Waals surface area contributed by atoms with Crippen LogP contribution in [0.15, 0.2) is 0 Å². The molecular formula is C10H20N4O. The Hall–Kier alpha value is -0.810. The van der Waals surface area contributed by atoms with Gasteiger partial charge in [-0.05, 0) is 25.9 Å². The molecule has 0 saturated carbocycles. The van der Waals surface area contributed by atoms with Crippen molar-refractivity contribution in [3.05, 3.63) is 0 Å². The molecule has 0 bridgehead atoms. The molecule has 3 N–H and O–H groups in total. The zero-order chi connectivity index (χ0) is 10.7. The number of carbonyl (C=O) groups excluding carboxylic acids is 1. The van der Waals surface area contributed by atoms with Crippen molar-refractivity contribution in [2.75, 3.05) is 39.3 Å². The second kappa shape index (κ2) is 4.81. The molecule has 5 heteroatoms. The molecule has 2 fully saturated rings. The number of urea groups is 1. The third kappa shape index (κ3) is 2.41. The highest BCUT2D eigenvalue weighted by atomic mass is 16.2. The van der Waals surface area contributed by atoms with E-state index in [1.165, 1.54) is 6.42 Å². The van der Waals surface area contributed by atoms with Crippen molar-refractivity contribution in [2.45, 2.75) is 18.9 Å². The summed E-state index contributed by atoms with van der Waals surface area (Å²) in [6, 6.07) is 0.505. The highest BCUT2D eigenvalue weighted by Gasteiger charge is 2.34.